The lowest BCUT2D eigenvalue weighted by Gasteiger charge is -2.23. The van der Waals surface area contributed by atoms with E-state index in [0.717, 1.165) is 18.5 Å². The largest absolute Gasteiger partial charge is 0.402 e. The van der Waals surface area contributed by atoms with Gasteiger partial charge in [-0.25, -0.2) is 0 Å². The maximum Gasteiger partial charge on any atom is 0.245 e. The maximum atomic E-state index is 11.0. The quantitative estimate of drug-likeness (QED) is 0.440. The van der Waals surface area contributed by atoms with Crippen molar-refractivity contribution in [3.8, 4) is 0 Å². The number of carbonyl (C=O) groups is 1. The fourth-order valence-electron chi connectivity index (χ4n) is 1.58. The highest BCUT2D eigenvalue weighted by Gasteiger charge is 2.20. The van der Waals surface area contributed by atoms with E-state index in [4.69, 9.17) is 11.5 Å². The Hall–Kier alpha value is -0.550. The average Bonchev–Trinajstić information content (AvgIpc) is 2.16. The van der Waals surface area contributed by atoms with Crippen LogP contribution in [0.1, 0.15) is 12.8 Å². The van der Waals surface area contributed by atoms with Gasteiger partial charge in [0, 0.05) is 22.3 Å². The van der Waals surface area contributed by atoms with Gasteiger partial charge in [0.2, 0.25) is 5.91 Å². The highest BCUT2D eigenvalue weighted by Crippen LogP contribution is 2.27. The number of hydrogen-bond acceptors (Lipinski definition) is 4. The van der Waals surface area contributed by atoms with Crippen LogP contribution in [-0.2, 0) is 4.79 Å². The van der Waals surface area contributed by atoms with Crippen molar-refractivity contribution in [2.75, 3.05) is 5.75 Å². The molecule has 5 heteroatoms. The molecule has 0 radical (unpaired) electrons. The van der Waals surface area contributed by atoms with Crippen LogP contribution in [0, 0.1) is 5.92 Å². The van der Waals surface area contributed by atoms with E-state index >= 15 is 0 Å². The summed E-state index contributed by atoms with van der Waals surface area (Å²) in [5.74, 6) is 0.175. The van der Waals surface area contributed by atoms with E-state index < -0.39 is 5.91 Å². The number of hydrogen-bond donors (Lipinski definition) is 4. The Bertz CT molecular complexity index is 313. The molecule has 1 amide bonds. The molecule has 3 nitrogen and oxygen atoms in total. The standard InChI is InChI=1S/C10H16N2OS2/c11-8-2-1-6(9(15)4-8)3-7(5-14)10(12)13/h3-4,6,9,14-15H,1-2,5,11H2,(H2,12,13)/b7-3+/t6-,9-/m1/s1. The van der Waals surface area contributed by atoms with Crippen molar-refractivity contribution >= 4 is 31.2 Å². The number of allylic oxidation sites excluding steroid dienone is 2. The van der Waals surface area contributed by atoms with Crippen molar-refractivity contribution in [3.63, 3.8) is 0 Å². The van der Waals surface area contributed by atoms with Crippen LogP contribution in [0.5, 0.6) is 0 Å². The number of amides is 1. The molecule has 1 rings (SSSR count). The minimum Gasteiger partial charge on any atom is -0.402 e. The van der Waals surface area contributed by atoms with Crippen molar-refractivity contribution in [1.29, 1.82) is 0 Å². The lowest BCUT2D eigenvalue weighted by molar-refractivity contribution is -0.114. The fourth-order valence-corrected chi connectivity index (χ4v) is 2.27. The summed E-state index contributed by atoms with van der Waals surface area (Å²) in [7, 11) is 0. The van der Waals surface area contributed by atoms with Gasteiger partial charge in [-0.1, -0.05) is 12.2 Å². The van der Waals surface area contributed by atoms with E-state index in [-0.39, 0.29) is 11.2 Å². The third-order valence-electron chi connectivity index (χ3n) is 2.49. The van der Waals surface area contributed by atoms with Crippen molar-refractivity contribution in [2.24, 2.45) is 17.4 Å². The van der Waals surface area contributed by atoms with Gasteiger partial charge in [-0.15, -0.1) is 0 Å². The monoisotopic (exact) mass is 244 g/mol. The summed E-state index contributed by atoms with van der Waals surface area (Å²) in [5.41, 5.74) is 12.3. The Balaban J connectivity index is 2.77. The van der Waals surface area contributed by atoms with Gasteiger partial charge in [0.25, 0.3) is 0 Å². The molecule has 0 fully saturated rings. The molecule has 0 saturated carbocycles. The van der Waals surface area contributed by atoms with Gasteiger partial charge < -0.3 is 11.5 Å². The molecule has 15 heavy (non-hydrogen) atoms. The molecule has 1 aliphatic rings. The van der Waals surface area contributed by atoms with Gasteiger partial charge in [0.1, 0.15) is 0 Å². The lowest BCUT2D eigenvalue weighted by atomic mass is 9.90. The topological polar surface area (TPSA) is 69.1 Å². The molecule has 0 bridgehead atoms. The van der Waals surface area contributed by atoms with Gasteiger partial charge in [-0.2, -0.15) is 25.3 Å². The Morgan fingerprint density at radius 2 is 2.33 bits per heavy atom. The van der Waals surface area contributed by atoms with E-state index in [1.807, 2.05) is 12.2 Å². The van der Waals surface area contributed by atoms with E-state index in [0.29, 0.717) is 11.3 Å². The molecule has 0 heterocycles. The molecule has 0 saturated heterocycles. The summed E-state index contributed by atoms with van der Waals surface area (Å²) in [5, 5.41) is 0.0629. The van der Waals surface area contributed by atoms with Crippen LogP contribution in [0.3, 0.4) is 0 Å². The molecule has 1 aliphatic carbocycles. The molecular formula is C10H16N2OS2. The van der Waals surface area contributed by atoms with Gasteiger partial charge in [-0.3, -0.25) is 4.79 Å². The smallest absolute Gasteiger partial charge is 0.245 e. The Kier molecular flexibility index (Phi) is 4.60. The van der Waals surface area contributed by atoms with Crippen molar-refractivity contribution in [3.05, 3.63) is 23.4 Å². The van der Waals surface area contributed by atoms with Crippen molar-refractivity contribution in [1.82, 2.24) is 0 Å². The maximum absolute atomic E-state index is 11.0. The molecular weight excluding hydrogens is 228 g/mol. The Morgan fingerprint density at radius 1 is 1.67 bits per heavy atom. The minimum atomic E-state index is -0.409. The first-order valence-electron chi connectivity index (χ1n) is 4.80. The van der Waals surface area contributed by atoms with Crippen LogP contribution >= 0.6 is 25.3 Å². The van der Waals surface area contributed by atoms with Crippen LogP contribution in [0.2, 0.25) is 0 Å². The molecule has 0 spiro atoms. The summed E-state index contributed by atoms with van der Waals surface area (Å²) in [4.78, 5) is 11.0. The SMILES string of the molecule is NC(=O)/C(=C/[C@H]1CCC(N)=C[C@H]1S)CS. The summed E-state index contributed by atoms with van der Waals surface area (Å²) in [6, 6.07) is 0. The lowest BCUT2D eigenvalue weighted by Crippen LogP contribution is -2.22. The molecule has 0 aromatic heterocycles. The summed E-state index contributed by atoms with van der Waals surface area (Å²) in [6.45, 7) is 0. The predicted molar refractivity (Wildman–Crippen MR) is 68.9 cm³/mol. The Labute approximate surface area is 101 Å². The average molecular weight is 244 g/mol. The first-order valence-corrected chi connectivity index (χ1v) is 5.95. The zero-order valence-corrected chi connectivity index (χ0v) is 10.2. The van der Waals surface area contributed by atoms with Crippen LogP contribution < -0.4 is 11.5 Å². The number of primary amides is 1. The second-order valence-electron chi connectivity index (χ2n) is 3.65. The first-order chi connectivity index (χ1) is 7.04. The number of carbonyl (C=O) groups excluding carboxylic acids is 1. The van der Waals surface area contributed by atoms with E-state index in [9.17, 15) is 4.79 Å². The van der Waals surface area contributed by atoms with Crippen molar-refractivity contribution < 1.29 is 4.79 Å². The molecule has 0 aliphatic heterocycles. The highest BCUT2D eigenvalue weighted by atomic mass is 32.1. The second kappa shape index (κ2) is 5.51. The van der Waals surface area contributed by atoms with Crippen LogP contribution in [-0.4, -0.2) is 16.9 Å². The molecule has 84 valence electrons. The van der Waals surface area contributed by atoms with Gasteiger partial charge in [0.15, 0.2) is 0 Å². The van der Waals surface area contributed by atoms with Gasteiger partial charge in [0.05, 0.1) is 0 Å². The highest BCUT2D eigenvalue weighted by molar-refractivity contribution is 7.81. The van der Waals surface area contributed by atoms with Crippen molar-refractivity contribution in [2.45, 2.75) is 18.1 Å². The van der Waals surface area contributed by atoms with Gasteiger partial charge >= 0.3 is 0 Å². The zero-order valence-electron chi connectivity index (χ0n) is 8.39. The zero-order chi connectivity index (χ0) is 11.4. The molecule has 0 aromatic rings. The van der Waals surface area contributed by atoms with Crippen LogP contribution in [0.15, 0.2) is 23.4 Å². The Morgan fingerprint density at radius 3 is 2.80 bits per heavy atom. The number of rotatable bonds is 3. The van der Waals surface area contributed by atoms with Gasteiger partial charge in [-0.05, 0) is 18.8 Å². The minimum absolute atomic E-state index is 0.0629. The first kappa shape index (κ1) is 12.5. The summed E-state index contributed by atoms with van der Waals surface area (Å²) < 4.78 is 0. The van der Waals surface area contributed by atoms with E-state index in [2.05, 4.69) is 25.3 Å². The van der Waals surface area contributed by atoms with Crippen LogP contribution in [0.4, 0.5) is 0 Å². The molecule has 2 atom stereocenters. The predicted octanol–water partition coefficient (Wildman–Crippen LogP) is 0.879. The summed E-state index contributed by atoms with van der Waals surface area (Å²) in [6.07, 6.45) is 5.54. The third-order valence-corrected chi connectivity index (χ3v) is 3.36. The number of thiol groups is 2. The molecule has 0 unspecified atom stereocenters. The molecule has 4 N–H and O–H groups in total. The summed E-state index contributed by atoms with van der Waals surface area (Å²) >= 11 is 8.49. The number of nitrogens with two attached hydrogens (primary N) is 2. The normalized spacial score (nSPS) is 27.3. The van der Waals surface area contributed by atoms with Crippen LogP contribution in [0.25, 0.3) is 0 Å². The van der Waals surface area contributed by atoms with E-state index in [1.54, 1.807) is 0 Å². The molecule has 0 aromatic carbocycles. The third kappa shape index (κ3) is 3.50. The van der Waals surface area contributed by atoms with E-state index in [1.165, 1.54) is 0 Å². The fraction of sp³-hybridized carbons (Fsp3) is 0.500. The second-order valence-corrected chi connectivity index (χ2v) is 4.56.